The molecule has 1 aromatic heterocycles. The van der Waals surface area contributed by atoms with Crippen molar-refractivity contribution in [2.45, 2.75) is 13.8 Å². The largest absolute Gasteiger partial charge is 0.369 e. The van der Waals surface area contributed by atoms with Crippen LogP contribution in [0, 0.1) is 5.41 Å². The van der Waals surface area contributed by atoms with E-state index in [0.29, 0.717) is 18.3 Å². The highest BCUT2D eigenvalue weighted by Gasteiger charge is 2.25. The van der Waals surface area contributed by atoms with Crippen LogP contribution in [0.1, 0.15) is 13.8 Å². The van der Waals surface area contributed by atoms with Crippen LogP contribution in [0.5, 0.6) is 0 Å². The fraction of sp³-hybridized carbons (Fsp3) is 0.357. The van der Waals surface area contributed by atoms with E-state index in [1.807, 2.05) is 24.3 Å². The van der Waals surface area contributed by atoms with Crippen LogP contribution in [0.15, 0.2) is 24.3 Å². The summed E-state index contributed by atoms with van der Waals surface area (Å²) >= 11 is 0. The molecular formula is C14H19N5O. The summed E-state index contributed by atoms with van der Waals surface area (Å²) in [6, 6.07) is 7.71. The molecule has 0 unspecified atom stereocenters. The van der Waals surface area contributed by atoms with Crippen LogP contribution < -0.4 is 16.4 Å². The van der Waals surface area contributed by atoms with Gasteiger partial charge in [-0.15, -0.1) is 0 Å². The summed E-state index contributed by atoms with van der Waals surface area (Å²) in [4.78, 5) is 20.1. The summed E-state index contributed by atoms with van der Waals surface area (Å²) in [7, 11) is 1.77. The zero-order chi connectivity index (χ0) is 14.8. The third kappa shape index (κ3) is 2.79. The summed E-state index contributed by atoms with van der Waals surface area (Å²) in [6.07, 6.45) is 0. The Morgan fingerprint density at radius 1 is 1.30 bits per heavy atom. The molecule has 1 heterocycles. The zero-order valence-corrected chi connectivity index (χ0v) is 11.9. The van der Waals surface area contributed by atoms with E-state index in [2.05, 4.69) is 20.6 Å². The Balaban J connectivity index is 2.36. The average molecular weight is 273 g/mol. The van der Waals surface area contributed by atoms with Gasteiger partial charge in [0.1, 0.15) is 5.82 Å². The molecule has 0 atom stereocenters. The van der Waals surface area contributed by atoms with E-state index in [1.165, 1.54) is 0 Å². The molecule has 0 saturated carbocycles. The summed E-state index contributed by atoms with van der Waals surface area (Å²) in [5.74, 6) is 0.870. The molecule has 0 fully saturated rings. The number of aromatic nitrogens is 2. The molecule has 106 valence electrons. The number of hydrogen-bond donors (Lipinski definition) is 3. The Bertz CT molecular complexity index is 638. The van der Waals surface area contributed by atoms with Gasteiger partial charge in [-0.2, -0.15) is 4.98 Å². The van der Waals surface area contributed by atoms with Gasteiger partial charge in [0, 0.05) is 19.0 Å². The maximum Gasteiger partial charge on any atom is 0.224 e. The second-order valence-corrected chi connectivity index (χ2v) is 5.26. The highest BCUT2D eigenvalue weighted by Crippen LogP contribution is 2.23. The molecule has 4 N–H and O–H groups in total. The molecule has 6 nitrogen and oxygen atoms in total. The predicted molar refractivity (Wildman–Crippen MR) is 80.5 cm³/mol. The van der Waals surface area contributed by atoms with Crippen LogP contribution in [0.2, 0.25) is 0 Å². The maximum absolute atomic E-state index is 11.4. The van der Waals surface area contributed by atoms with Gasteiger partial charge >= 0.3 is 0 Å². The molecule has 0 spiro atoms. The van der Waals surface area contributed by atoms with Gasteiger partial charge in [0.25, 0.3) is 0 Å². The molecule has 0 bridgehead atoms. The smallest absolute Gasteiger partial charge is 0.224 e. The summed E-state index contributed by atoms with van der Waals surface area (Å²) in [6.45, 7) is 4.00. The molecule has 0 saturated heterocycles. The zero-order valence-electron chi connectivity index (χ0n) is 11.9. The van der Waals surface area contributed by atoms with Gasteiger partial charge < -0.3 is 16.4 Å². The van der Waals surface area contributed by atoms with E-state index in [-0.39, 0.29) is 5.91 Å². The number of nitrogens with two attached hydrogens (primary N) is 1. The quantitative estimate of drug-likeness (QED) is 0.769. The first-order valence-electron chi connectivity index (χ1n) is 6.42. The first-order valence-corrected chi connectivity index (χ1v) is 6.42. The predicted octanol–water partition coefficient (Wildman–Crippen LogP) is 1.59. The van der Waals surface area contributed by atoms with Gasteiger partial charge in [-0.3, -0.25) is 4.79 Å². The third-order valence-corrected chi connectivity index (χ3v) is 3.19. The van der Waals surface area contributed by atoms with Gasteiger partial charge in [-0.05, 0) is 26.0 Å². The van der Waals surface area contributed by atoms with Crippen molar-refractivity contribution in [3.63, 3.8) is 0 Å². The van der Waals surface area contributed by atoms with Gasteiger partial charge in [-0.1, -0.05) is 12.1 Å². The summed E-state index contributed by atoms with van der Waals surface area (Å²) < 4.78 is 0. The number of benzene rings is 1. The van der Waals surface area contributed by atoms with Gasteiger partial charge in [0.15, 0.2) is 0 Å². The molecule has 0 aliphatic carbocycles. The molecule has 0 aliphatic heterocycles. The van der Waals surface area contributed by atoms with Crippen molar-refractivity contribution in [1.29, 1.82) is 0 Å². The molecule has 0 aliphatic rings. The number of carbonyl (C=O) groups is 1. The number of para-hydroxylation sites is 1. The third-order valence-electron chi connectivity index (χ3n) is 3.19. The van der Waals surface area contributed by atoms with E-state index < -0.39 is 5.41 Å². The minimum absolute atomic E-state index is 0.350. The first kappa shape index (κ1) is 14.0. The van der Waals surface area contributed by atoms with Crippen molar-refractivity contribution in [1.82, 2.24) is 9.97 Å². The molecule has 0 radical (unpaired) electrons. The summed E-state index contributed by atoms with van der Waals surface area (Å²) in [5, 5.41) is 7.03. The minimum atomic E-state index is -0.647. The Kier molecular flexibility index (Phi) is 3.74. The van der Waals surface area contributed by atoms with E-state index in [9.17, 15) is 4.79 Å². The standard InChI is InChI=1S/C14H19N5O/c1-14(2,12(15)20)8-17-11-9-6-4-5-7-10(9)18-13(16-3)19-11/h4-7H,8H2,1-3H3,(H2,15,20)(H2,16,17,18,19). The van der Waals surface area contributed by atoms with E-state index in [1.54, 1.807) is 20.9 Å². The number of fused-ring (bicyclic) bond motifs is 1. The highest BCUT2D eigenvalue weighted by molar-refractivity contribution is 5.90. The highest BCUT2D eigenvalue weighted by atomic mass is 16.1. The van der Waals surface area contributed by atoms with Gasteiger partial charge in [0.05, 0.1) is 10.9 Å². The van der Waals surface area contributed by atoms with Crippen molar-refractivity contribution in [3.8, 4) is 0 Å². The molecule has 1 aromatic carbocycles. The number of amides is 1. The van der Waals surface area contributed by atoms with E-state index in [4.69, 9.17) is 5.73 Å². The van der Waals surface area contributed by atoms with E-state index >= 15 is 0 Å². The number of nitrogens with zero attached hydrogens (tertiary/aromatic N) is 2. The lowest BCUT2D eigenvalue weighted by Crippen LogP contribution is -2.37. The Hall–Kier alpha value is -2.37. The van der Waals surface area contributed by atoms with E-state index in [0.717, 1.165) is 10.9 Å². The SMILES string of the molecule is CNc1nc(NCC(C)(C)C(N)=O)c2ccccc2n1. The maximum atomic E-state index is 11.4. The number of hydrogen-bond acceptors (Lipinski definition) is 5. The monoisotopic (exact) mass is 273 g/mol. The van der Waals surface area contributed by atoms with Gasteiger partial charge in [-0.25, -0.2) is 4.98 Å². The van der Waals surface area contributed by atoms with Crippen LogP contribution in [0.3, 0.4) is 0 Å². The topological polar surface area (TPSA) is 92.9 Å². The Morgan fingerprint density at radius 2 is 2.00 bits per heavy atom. The van der Waals surface area contributed by atoms with Crippen LogP contribution in [0.25, 0.3) is 10.9 Å². The van der Waals surface area contributed by atoms with Crippen molar-refractivity contribution in [3.05, 3.63) is 24.3 Å². The molecule has 2 aromatic rings. The fourth-order valence-corrected chi connectivity index (χ4v) is 1.71. The second-order valence-electron chi connectivity index (χ2n) is 5.26. The molecular weight excluding hydrogens is 254 g/mol. The van der Waals surface area contributed by atoms with Crippen molar-refractivity contribution >= 4 is 28.6 Å². The van der Waals surface area contributed by atoms with Crippen molar-refractivity contribution in [2.24, 2.45) is 11.1 Å². The number of anilines is 2. The first-order chi connectivity index (χ1) is 9.44. The number of carbonyl (C=O) groups excluding carboxylic acids is 1. The fourth-order valence-electron chi connectivity index (χ4n) is 1.71. The lowest BCUT2D eigenvalue weighted by Gasteiger charge is -2.21. The molecule has 1 amide bonds. The molecule has 2 rings (SSSR count). The van der Waals surface area contributed by atoms with Crippen molar-refractivity contribution < 1.29 is 4.79 Å². The second kappa shape index (κ2) is 5.32. The summed E-state index contributed by atoms with van der Waals surface area (Å²) in [5.41, 5.74) is 5.57. The number of primary amides is 1. The minimum Gasteiger partial charge on any atom is -0.369 e. The Morgan fingerprint density at radius 3 is 2.65 bits per heavy atom. The normalized spacial score (nSPS) is 11.3. The van der Waals surface area contributed by atoms with Crippen LogP contribution in [-0.4, -0.2) is 29.5 Å². The number of rotatable bonds is 5. The Labute approximate surface area is 117 Å². The molecule has 6 heteroatoms. The van der Waals surface area contributed by atoms with Gasteiger partial charge in [0.2, 0.25) is 11.9 Å². The number of nitrogens with one attached hydrogen (secondary N) is 2. The van der Waals surface area contributed by atoms with Crippen LogP contribution >= 0.6 is 0 Å². The van der Waals surface area contributed by atoms with Crippen LogP contribution in [0.4, 0.5) is 11.8 Å². The average Bonchev–Trinajstić information content (AvgIpc) is 2.44. The molecule has 20 heavy (non-hydrogen) atoms. The van der Waals surface area contributed by atoms with Crippen LogP contribution in [-0.2, 0) is 4.79 Å². The van der Waals surface area contributed by atoms with Crippen molar-refractivity contribution in [2.75, 3.05) is 24.2 Å². The lowest BCUT2D eigenvalue weighted by atomic mass is 9.93. The lowest BCUT2D eigenvalue weighted by molar-refractivity contribution is -0.125.